The minimum absolute atomic E-state index is 0.149. The Morgan fingerprint density at radius 2 is 1.74 bits per heavy atom. The summed E-state index contributed by atoms with van der Waals surface area (Å²) in [5.74, 6) is 0.581. The quantitative estimate of drug-likeness (QED) is 0.588. The Kier molecular flexibility index (Phi) is 2.98. The van der Waals surface area contributed by atoms with Gasteiger partial charge in [-0.2, -0.15) is 0 Å². The molecule has 0 saturated carbocycles. The van der Waals surface area contributed by atoms with Gasteiger partial charge in [0.2, 0.25) is 5.89 Å². The summed E-state index contributed by atoms with van der Waals surface area (Å²) < 4.78 is 7.76. The van der Waals surface area contributed by atoms with E-state index in [9.17, 15) is 5.11 Å². The molecular formula is C19H16N2O2. The summed E-state index contributed by atoms with van der Waals surface area (Å²) in [5.41, 5.74) is 5.34. The van der Waals surface area contributed by atoms with Crippen molar-refractivity contribution in [3.05, 3.63) is 66.0 Å². The van der Waals surface area contributed by atoms with Crippen molar-refractivity contribution in [2.75, 3.05) is 0 Å². The van der Waals surface area contributed by atoms with Crippen LogP contribution in [0.4, 0.5) is 0 Å². The highest BCUT2D eigenvalue weighted by atomic mass is 16.3. The van der Waals surface area contributed by atoms with Crippen LogP contribution in [0.1, 0.15) is 11.1 Å². The molecule has 0 aliphatic rings. The zero-order valence-electron chi connectivity index (χ0n) is 12.9. The fraction of sp³-hybridized carbons (Fsp3) is 0.105. The third-order valence-corrected chi connectivity index (χ3v) is 4.12. The van der Waals surface area contributed by atoms with E-state index in [1.54, 1.807) is 6.07 Å². The number of nitrogens with zero attached hydrogens (tertiary/aromatic N) is 2. The second-order valence-electron chi connectivity index (χ2n) is 5.71. The molecule has 114 valence electrons. The molecule has 0 amide bonds. The molecule has 0 aliphatic carbocycles. The van der Waals surface area contributed by atoms with E-state index in [1.165, 1.54) is 5.56 Å². The number of aromatic nitrogens is 2. The lowest BCUT2D eigenvalue weighted by molar-refractivity contribution is 0.474. The fourth-order valence-electron chi connectivity index (χ4n) is 2.66. The van der Waals surface area contributed by atoms with Gasteiger partial charge in [-0.25, -0.2) is 4.98 Å². The van der Waals surface area contributed by atoms with Gasteiger partial charge in [-0.3, -0.25) is 0 Å². The van der Waals surface area contributed by atoms with E-state index in [4.69, 9.17) is 4.42 Å². The van der Waals surface area contributed by atoms with Gasteiger partial charge in [0.05, 0.1) is 5.56 Å². The van der Waals surface area contributed by atoms with Crippen molar-refractivity contribution in [2.45, 2.75) is 13.8 Å². The van der Waals surface area contributed by atoms with E-state index in [2.05, 4.69) is 4.98 Å². The number of phenols is 1. The first-order valence-corrected chi connectivity index (χ1v) is 7.46. The van der Waals surface area contributed by atoms with Crippen molar-refractivity contribution >= 4 is 11.1 Å². The second kappa shape index (κ2) is 5.02. The number of oxazole rings is 1. The normalized spacial score (nSPS) is 11.2. The maximum absolute atomic E-state index is 10.4. The third kappa shape index (κ3) is 2.28. The highest BCUT2D eigenvalue weighted by Crippen LogP contribution is 2.33. The summed E-state index contributed by atoms with van der Waals surface area (Å²) in [6.07, 6.45) is 3.86. The number of aromatic hydroxyl groups is 1. The number of rotatable bonds is 2. The lowest BCUT2D eigenvalue weighted by Crippen LogP contribution is -1.89. The standard InChI is InChI=1S/C19H16N2O2/c1-12-9-16-18(10-13(12)2)23-19(20-16)15-6-5-14(11-17(15)22)21-7-3-4-8-21/h3-11,22H,1-2H3. The Bertz CT molecular complexity index is 959. The summed E-state index contributed by atoms with van der Waals surface area (Å²) in [4.78, 5) is 4.50. The zero-order valence-corrected chi connectivity index (χ0v) is 12.9. The number of fused-ring (bicyclic) bond motifs is 1. The Morgan fingerprint density at radius 3 is 2.48 bits per heavy atom. The molecule has 4 nitrogen and oxygen atoms in total. The zero-order chi connectivity index (χ0) is 16.0. The van der Waals surface area contributed by atoms with Crippen molar-refractivity contribution in [1.29, 1.82) is 0 Å². The van der Waals surface area contributed by atoms with E-state index in [1.807, 2.05) is 67.2 Å². The van der Waals surface area contributed by atoms with E-state index >= 15 is 0 Å². The Labute approximate surface area is 133 Å². The van der Waals surface area contributed by atoms with E-state index in [-0.39, 0.29) is 5.75 Å². The Balaban J connectivity index is 1.81. The van der Waals surface area contributed by atoms with Gasteiger partial charge >= 0.3 is 0 Å². The molecule has 23 heavy (non-hydrogen) atoms. The first-order chi connectivity index (χ1) is 11.1. The SMILES string of the molecule is Cc1cc2nc(-c3ccc(-n4cccc4)cc3O)oc2cc1C. The molecule has 4 heteroatoms. The lowest BCUT2D eigenvalue weighted by Gasteiger charge is -2.06. The van der Waals surface area contributed by atoms with Crippen molar-refractivity contribution in [1.82, 2.24) is 9.55 Å². The largest absolute Gasteiger partial charge is 0.507 e. The molecule has 0 aliphatic heterocycles. The van der Waals surface area contributed by atoms with Crippen molar-refractivity contribution in [2.24, 2.45) is 0 Å². The molecule has 4 aromatic rings. The Hall–Kier alpha value is -3.01. The average Bonchev–Trinajstić information content (AvgIpc) is 3.17. The van der Waals surface area contributed by atoms with Gasteiger partial charge in [-0.1, -0.05) is 0 Å². The number of benzene rings is 2. The Morgan fingerprint density at radius 1 is 1.00 bits per heavy atom. The second-order valence-corrected chi connectivity index (χ2v) is 5.71. The molecule has 2 aromatic carbocycles. The van der Waals surface area contributed by atoms with Gasteiger partial charge in [-0.05, 0) is 61.4 Å². The smallest absolute Gasteiger partial charge is 0.231 e. The molecular weight excluding hydrogens is 288 g/mol. The van der Waals surface area contributed by atoms with Crippen LogP contribution < -0.4 is 0 Å². The van der Waals surface area contributed by atoms with Crippen molar-refractivity contribution < 1.29 is 9.52 Å². The summed E-state index contributed by atoms with van der Waals surface area (Å²) in [6.45, 7) is 4.09. The third-order valence-electron chi connectivity index (χ3n) is 4.12. The fourth-order valence-corrected chi connectivity index (χ4v) is 2.66. The molecule has 1 N–H and O–H groups in total. The summed E-state index contributed by atoms with van der Waals surface area (Å²) in [7, 11) is 0. The highest BCUT2D eigenvalue weighted by molar-refractivity contribution is 5.79. The molecule has 0 fully saturated rings. The van der Waals surface area contributed by atoms with Crippen LogP contribution in [-0.4, -0.2) is 14.7 Å². The predicted molar refractivity (Wildman–Crippen MR) is 89.9 cm³/mol. The molecule has 0 bridgehead atoms. The van der Waals surface area contributed by atoms with Crippen LogP contribution in [0.2, 0.25) is 0 Å². The predicted octanol–water partition coefficient (Wildman–Crippen LogP) is 4.61. The molecule has 0 radical (unpaired) electrons. The highest BCUT2D eigenvalue weighted by Gasteiger charge is 2.14. The molecule has 4 rings (SSSR count). The number of phenolic OH excluding ortho intramolecular Hbond substituents is 1. The molecule has 0 saturated heterocycles. The van der Waals surface area contributed by atoms with Crippen LogP contribution >= 0.6 is 0 Å². The van der Waals surface area contributed by atoms with Gasteiger partial charge in [0, 0.05) is 24.1 Å². The minimum Gasteiger partial charge on any atom is -0.507 e. The van der Waals surface area contributed by atoms with Crippen molar-refractivity contribution in [3.8, 4) is 22.9 Å². The van der Waals surface area contributed by atoms with Crippen LogP contribution in [0.5, 0.6) is 5.75 Å². The number of hydrogen-bond acceptors (Lipinski definition) is 3. The maximum Gasteiger partial charge on any atom is 0.231 e. The van der Waals surface area contributed by atoms with Gasteiger partial charge in [-0.15, -0.1) is 0 Å². The first kappa shape index (κ1) is 13.6. The van der Waals surface area contributed by atoms with E-state index < -0.39 is 0 Å². The molecule has 2 aromatic heterocycles. The van der Waals surface area contributed by atoms with Crippen LogP contribution in [0.3, 0.4) is 0 Å². The number of aryl methyl sites for hydroxylation is 2. The first-order valence-electron chi connectivity index (χ1n) is 7.46. The van der Waals surface area contributed by atoms with Gasteiger partial charge in [0.15, 0.2) is 5.58 Å². The van der Waals surface area contributed by atoms with Gasteiger partial charge in [0.1, 0.15) is 11.3 Å². The minimum atomic E-state index is 0.149. The van der Waals surface area contributed by atoms with Gasteiger partial charge < -0.3 is 14.1 Å². The van der Waals surface area contributed by atoms with Crippen LogP contribution in [0.25, 0.3) is 28.2 Å². The summed E-state index contributed by atoms with van der Waals surface area (Å²) in [6, 6.07) is 13.3. The van der Waals surface area contributed by atoms with Crippen LogP contribution in [0.15, 0.2) is 59.3 Å². The molecule has 0 spiro atoms. The topological polar surface area (TPSA) is 51.2 Å². The van der Waals surface area contributed by atoms with Crippen molar-refractivity contribution in [3.63, 3.8) is 0 Å². The van der Waals surface area contributed by atoms with E-state index in [0.717, 1.165) is 22.4 Å². The molecule has 0 unspecified atom stereocenters. The molecule has 0 atom stereocenters. The van der Waals surface area contributed by atoms with E-state index in [0.29, 0.717) is 11.5 Å². The number of hydrogen-bond donors (Lipinski definition) is 1. The monoisotopic (exact) mass is 304 g/mol. The lowest BCUT2D eigenvalue weighted by atomic mass is 10.1. The van der Waals surface area contributed by atoms with Crippen LogP contribution in [0, 0.1) is 13.8 Å². The average molecular weight is 304 g/mol. The summed E-state index contributed by atoms with van der Waals surface area (Å²) >= 11 is 0. The summed E-state index contributed by atoms with van der Waals surface area (Å²) in [5, 5.41) is 10.4. The maximum atomic E-state index is 10.4. The van der Waals surface area contributed by atoms with Gasteiger partial charge in [0.25, 0.3) is 0 Å². The molecule has 2 heterocycles. The van der Waals surface area contributed by atoms with Crippen LogP contribution in [-0.2, 0) is 0 Å².